The third kappa shape index (κ3) is 1.23. The first-order chi connectivity index (χ1) is 6.20. The van der Waals surface area contributed by atoms with Crippen LogP contribution in [0.25, 0.3) is 11.5 Å². The molecule has 68 valence electrons. The zero-order chi connectivity index (χ0) is 9.42. The molecule has 0 saturated heterocycles. The molecular formula is C8H9ClN4. The molecule has 2 aromatic rings. The van der Waals surface area contributed by atoms with Crippen molar-refractivity contribution in [3.05, 3.63) is 23.1 Å². The molecule has 2 rings (SSSR count). The van der Waals surface area contributed by atoms with Crippen LogP contribution in [-0.2, 0) is 7.05 Å². The van der Waals surface area contributed by atoms with Crippen molar-refractivity contribution >= 4 is 11.6 Å². The van der Waals surface area contributed by atoms with E-state index >= 15 is 0 Å². The summed E-state index contributed by atoms with van der Waals surface area (Å²) in [5.74, 6) is 0.773. The predicted octanol–water partition coefficient (Wildman–Crippen LogP) is 1.77. The van der Waals surface area contributed by atoms with Gasteiger partial charge in [0.05, 0.1) is 10.7 Å². The molecule has 2 aromatic heterocycles. The largest absolute Gasteiger partial charge is 0.333 e. The van der Waals surface area contributed by atoms with Gasteiger partial charge in [0.15, 0.2) is 5.82 Å². The van der Waals surface area contributed by atoms with Gasteiger partial charge in [0.1, 0.15) is 5.69 Å². The Morgan fingerprint density at radius 2 is 2.31 bits per heavy atom. The lowest BCUT2D eigenvalue weighted by molar-refractivity contribution is 0.912. The number of imidazole rings is 1. The number of hydrogen-bond donors (Lipinski definition) is 1. The average Bonchev–Trinajstić information content (AvgIpc) is 2.62. The molecule has 0 fully saturated rings. The van der Waals surface area contributed by atoms with Crippen molar-refractivity contribution in [2.45, 2.75) is 6.92 Å². The molecule has 0 atom stereocenters. The van der Waals surface area contributed by atoms with E-state index in [1.54, 1.807) is 6.20 Å². The summed E-state index contributed by atoms with van der Waals surface area (Å²) >= 11 is 6.03. The van der Waals surface area contributed by atoms with Crippen molar-refractivity contribution in [2.24, 2.45) is 7.05 Å². The molecule has 13 heavy (non-hydrogen) atoms. The quantitative estimate of drug-likeness (QED) is 0.756. The number of aromatic nitrogens is 4. The van der Waals surface area contributed by atoms with Crippen molar-refractivity contribution in [1.29, 1.82) is 0 Å². The van der Waals surface area contributed by atoms with Crippen LogP contribution in [-0.4, -0.2) is 19.7 Å². The van der Waals surface area contributed by atoms with E-state index in [4.69, 9.17) is 11.6 Å². The molecule has 0 saturated carbocycles. The van der Waals surface area contributed by atoms with Crippen molar-refractivity contribution in [3.63, 3.8) is 0 Å². The summed E-state index contributed by atoms with van der Waals surface area (Å²) in [4.78, 5) is 4.16. The molecule has 1 N–H and O–H groups in total. The Labute approximate surface area is 80.6 Å². The highest BCUT2D eigenvalue weighted by Gasteiger charge is 2.13. The lowest BCUT2D eigenvalue weighted by Gasteiger charge is -1.96. The number of aromatic amines is 1. The van der Waals surface area contributed by atoms with Gasteiger partial charge in [-0.3, -0.25) is 5.10 Å². The van der Waals surface area contributed by atoms with Gasteiger partial charge in [0.25, 0.3) is 0 Å². The van der Waals surface area contributed by atoms with Gasteiger partial charge in [-0.1, -0.05) is 11.6 Å². The van der Waals surface area contributed by atoms with Crippen LogP contribution in [0.15, 0.2) is 12.4 Å². The molecule has 2 heterocycles. The fraction of sp³-hybridized carbons (Fsp3) is 0.250. The minimum absolute atomic E-state index is 0.634. The van der Waals surface area contributed by atoms with Crippen LogP contribution < -0.4 is 0 Å². The highest BCUT2D eigenvalue weighted by Crippen LogP contribution is 2.25. The van der Waals surface area contributed by atoms with Gasteiger partial charge in [-0.15, -0.1) is 0 Å². The van der Waals surface area contributed by atoms with Crippen LogP contribution in [0.1, 0.15) is 5.69 Å². The van der Waals surface area contributed by atoms with Crippen LogP contribution >= 0.6 is 11.6 Å². The van der Waals surface area contributed by atoms with Crippen LogP contribution in [0.2, 0.25) is 5.02 Å². The van der Waals surface area contributed by atoms with E-state index in [0.29, 0.717) is 10.7 Å². The third-order valence-electron chi connectivity index (χ3n) is 1.91. The highest BCUT2D eigenvalue weighted by atomic mass is 35.5. The SMILES string of the molecule is Cc1[nH]nc(-c2nccn2C)c1Cl. The Kier molecular flexibility index (Phi) is 1.84. The Hall–Kier alpha value is -1.29. The summed E-state index contributed by atoms with van der Waals surface area (Å²) in [6.07, 6.45) is 3.57. The number of halogens is 1. The molecule has 0 unspecified atom stereocenters. The molecule has 4 nitrogen and oxygen atoms in total. The van der Waals surface area contributed by atoms with E-state index in [1.165, 1.54) is 0 Å². The number of H-pyrrole nitrogens is 1. The number of nitrogens with zero attached hydrogens (tertiary/aromatic N) is 3. The summed E-state index contributed by atoms with van der Waals surface area (Å²) in [6.45, 7) is 1.88. The second-order valence-electron chi connectivity index (χ2n) is 2.87. The van der Waals surface area contributed by atoms with E-state index in [9.17, 15) is 0 Å². The van der Waals surface area contributed by atoms with E-state index in [1.807, 2.05) is 24.7 Å². The van der Waals surface area contributed by atoms with E-state index in [-0.39, 0.29) is 0 Å². The van der Waals surface area contributed by atoms with E-state index < -0.39 is 0 Å². The second-order valence-corrected chi connectivity index (χ2v) is 3.25. The normalized spacial score (nSPS) is 10.7. The first-order valence-corrected chi connectivity index (χ1v) is 4.26. The zero-order valence-corrected chi connectivity index (χ0v) is 8.13. The minimum Gasteiger partial charge on any atom is -0.333 e. The molecule has 0 radical (unpaired) electrons. The summed E-state index contributed by atoms with van der Waals surface area (Å²) in [7, 11) is 1.91. The maximum atomic E-state index is 6.03. The Morgan fingerprint density at radius 3 is 2.77 bits per heavy atom. The maximum absolute atomic E-state index is 6.03. The van der Waals surface area contributed by atoms with Gasteiger partial charge in [-0.2, -0.15) is 5.10 Å². The molecular weight excluding hydrogens is 188 g/mol. The molecule has 0 spiro atoms. The topological polar surface area (TPSA) is 46.5 Å². The summed E-state index contributed by atoms with van der Waals surface area (Å²) in [6, 6.07) is 0. The number of nitrogens with one attached hydrogen (secondary N) is 1. The number of hydrogen-bond acceptors (Lipinski definition) is 2. The molecule has 0 amide bonds. The van der Waals surface area contributed by atoms with Crippen molar-refractivity contribution < 1.29 is 0 Å². The monoisotopic (exact) mass is 196 g/mol. The lowest BCUT2D eigenvalue weighted by atomic mass is 10.3. The van der Waals surface area contributed by atoms with Gasteiger partial charge in [-0.05, 0) is 6.92 Å². The molecule has 0 aliphatic rings. The molecule has 0 aliphatic carbocycles. The van der Waals surface area contributed by atoms with Gasteiger partial charge in [0, 0.05) is 19.4 Å². The molecule has 0 aliphatic heterocycles. The van der Waals surface area contributed by atoms with Crippen LogP contribution in [0.4, 0.5) is 0 Å². The molecule has 5 heteroatoms. The Morgan fingerprint density at radius 1 is 1.54 bits per heavy atom. The van der Waals surface area contributed by atoms with E-state index in [2.05, 4.69) is 15.2 Å². The average molecular weight is 197 g/mol. The Bertz CT molecular complexity index is 429. The van der Waals surface area contributed by atoms with E-state index in [0.717, 1.165) is 11.5 Å². The number of rotatable bonds is 1. The van der Waals surface area contributed by atoms with Gasteiger partial charge in [0.2, 0.25) is 0 Å². The fourth-order valence-corrected chi connectivity index (χ4v) is 1.33. The highest BCUT2D eigenvalue weighted by molar-refractivity contribution is 6.33. The van der Waals surface area contributed by atoms with Gasteiger partial charge >= 0.3 is 0 Å². The summed E-state index contributed by atoms with van der Waals surface area (Å²) in [5.41, 5.74) is 1.56. The zero-order valence-electron chi connectivity index (χ0n) is 7.37. The van der Waals surface area contributed by atoms with Crippen LogP contribution in [0.3, 0.4) is 0 Å². The summed E-state index contributed by atoms with van der Waals surface area (Å²) < 4.78 is 1.88. The van der Waals surface area contributed by atoms with Crippen molar-refractivity contribution in [3.8, 4) is 11.5 Å². The first-order valence-electron chi connectivity index (χ1n) is 3.88. The van der Waals surface area contributed by atoms with Gasteiger partial charge < -0.3 is 4.57 Å². The molecule has 0 bridgehead atoms. The van der Waals surface area contributed by atoms with Crippen molar-refractivity contribution in [1.82, 2.24) is 19.7 Å². The van der Waals surface area contributed by atoms with Crippen LogP contribution in [0, 0.1) is 6.92 Å². The number of aryl methyl sites for hydroxylation is 2. The standard InChI is InChI=1S/C8H9ClN4/c1-5-6(9)7(12-11-5)8-10-3-4-13(8)2/h3-4H,1-2H3,(H,11,12). The van der Waals surface area contributed by atoms with Crippen molar-refractivity contribution in [2.75, 3.05) is 0 Å². The second kappa shape index (κ2) is 2.88. The first kappa shape index (κ1) is 8.31. The molecule has 0 aromatic carbocycles. The van der Waals surface area contributed by atoms with Gasteiger partial charge in [-0.25, -0.2) is 4.98 Å². The maximum Gasteiger partial charge on any atom is 0.161 e. The third-order valence-corrected chi connectivity index (χ3v) is 2.37. The minimum atomic E-state index is 0.634. The summed E-state index contributed by atoms with van der Waals surface area (Å²) in [5, 5.41) is 7.53. The van der Waals surface area contributed by atoms with Crippen LogP contribution in [0.5, 0.6) is 0 Å². The Balaban J connectivity index is 2.59. The lowest BCUT2D eigenvalue weighted by Crippen LogP contribution is -1.91. The smallest absolute Gasteiger partial charge is 0.161 e. The predicted molar refractivity (Wildman–Crippen MR) is 50.5 cm³/mol. The fourth-order valence-electron chi connectivity index (χ4n) is 1.16.